The number of aromatic amines is 1. The fourth-order valence-electron chi connectivity index (χ4n) is 3.48. The molecule has 0 aliphatic carbocycles. The average Bonchev–Trinajstić information content (AvgIpc) is 2.60. The van der Waals surface area contributed by atoms with Gasteiger partial charge in [-0.15, -0.1) is 0 Å². The number of carbonyl (C=O) groups excluding carboxylic acids is 1. The van der Waals surface area contributed by atoms with Crippen molar-refractivity contribution in [2.24, 2.45) is 0 Å². The van der Waals surface area contributed by atoms with Gasteiger partial charge in [0.25, 0.3) is 5.56 Å². The van der Waals surface area contributed by atoms with Gasteiger partial charge in [-0.3, -0.25) is 9.59 Å². The van der Waals surface area contributed by atoms with Crippen molar-refractivity contribution < 1.29 is 4.79 Å². The van der Waals surface area contributed by atoms with Crippen LogP contribution in [0.3, 0.4) is 0 Å². The van der Waals surface area contributed by atoms with E-state index in [4.69, 9.17) is 11.6 Å². The number of rotatable bonds is 4. The molecule has 0 spiro atoms. The number of H-pyrrole nitrogens is 1. The van der Waals surface area contributed by atoms with Crippen LogP contribution in [0.4, 0.5) is 0 Å². The van der Waals surface area contributed by atoms with Crippen LogP contribution < -0.4 is 5.56 Å². The van der Waals surface area contributed by atoms with Crippen LogP contribution in [-0.4, -0.2) is 22.3 Å². The Labute approximate surface area is 152 Å². The van der Waals surface area contributed by atoms with E-state index < -0.39 is 0 Å². The summed E-state index contributed by atoms with van der Waals surface area (Å²) >= 11 is 5.96. The SMILES string of the molecule is CCCCC1CN(C(C)=O)Cc2c1cc(-c1ccc(Cl)cc1)[nH]c2=O. The van der Waals surface area contributed by atoms with Crippen molar-refractivity contribution >= 4 is 17.5 Å². The Kier molecular flexibility index (Phi) is 5.28. The summed E-state index contributed by atoms with van der Waals surface area (Å²) < 4.78 is 0. The summed E-state index contributed by atoms with van der Waals surface area (Å²) in [7, 11) is 0. The molecular formula is C20H23ClN2O2. The molecule has 1 amide bonds. The number of hydrogen-bond donors (Lipinski definition) is 1. The summed E-state index contributed by atoms with van der Waals surface area (Å²) in [6.07, 6.45) is 3.16. The lowest BCUT2D eigenvalue weighted by Gasteiger charge is -2.34. The average molecular weight is 359 g/mol. The van der Waals surface area contributed by atoms with Gasteiger partial charge in [0.05, 0.1) is 6.54 Å². The zero-order valence-electron chi connectivity index (χ0n) is 14.6. The number of benzene rings is 1. The minimum absolute atomic E-state index is 0.0216. The lowest BCUT2D eigenvalue weighted by atomic mass is 9.86. The minimum Gasteiger partial charge on any atom is -0.338 e. The molecule has 2 aromatic rings. The Balaban J connectivity index is 2.05. The van der Waals surface area contributed by atoms with Crippen molar-refractivity contribution in [3.63, 3.8) is 0 Å². The van der Waals surface area contributed by atoms with Crippen LogP contribution in [0.5, 0.6) is 0 Å². The number of fused-ring (bicyclic) bond motifs is 1. The first-order valence-corrected chi connectivity index (χ1v) is 9.15. The molecule has 0 bridgehead atoms. The fraction of sp³-hybridized carbons (Fsp3) is 0.400. The van der Waals surface area contributed by atoms with E-state index in [0.717, 1.165) is 41.6 Å². The summed E-state index contributed by atoms with van der Waals surface area (Å²) in [6, 6.07) is 9.54. The maximum Gasteiger partial charge on any atom is 0.253 e. The highest BCUT2D eigenvalue weighted by molar-refractivity contribution is 6.30. The summed E-state index contributed by atoms with van der Waals surface area (Å²) in [4.78, 5) is 29.3. The molecule has 0 saturated carbocycles. The topological polar surface area (TPSA) is 53.2 Å². The zero-order valence-corrected chi connectivity index (χ0v) is 15.4. The number of unbranched alkanes of at least 4 members (excludes halogenated alkanes) is 1. The number of aromatic nitrogens is 1. The number of nitrogens with zero attached hydrogens (tertiary/aromatic N) is 1. The monoisotopic (exact) mass is 358 g/mol. The lowest BCUT2D eigenvalue weighted by molar-refractivity contribution is -0.130. The number of nitrogens with one attached hydrogen (secondary N) is 1. The number of hydrogen-bond acceptors (Lipinski definition) is 2. The largest absolute Gasteiger partial charge is 0.338 e. The molecule has 1 aliphatic rings. The van der Waals surface area contributed by atoms with Crippen LogP contribution in [0, 0.1) is 0 Å². The molecule has 4 nitrogen and oxygen atoms in total. The molecule has 1 unspecified atom stereocenters. The number of carbonyl (C=O) groups is 1. The summed E-state index contributed by atoms with van der Waals surface area (Å²) in [5.74, 6) is 0.231. The van der Waals surface area contributed by atoms with Crippen molar-refractivity contribution in [2.45, 2.75) is 45.6 Å². The Morgan fingerprint density at radius 3 is 2.68 bits per heavy atom. The second-order valence-electron chi connectivity index (χ2n) is 6.69. The Bertz CT molecular complexity index is 827. The fourth-order valence-corrected chi connectivity index (χ4v) is 3.60. The third kappa shape index (κ3) is 3.79. The van der Waals surface area contributed by atoms with E-state index in [9.17, 15) is 9.59 Å². The van der Waals surface area contributed by atoms with Gasteiger partial charge in [0.1, 0.15) is 0 Å². The van der Waals surface area contributed by atoms with Crippen molar-refractivity contribution in [2.75, 3.05) is 6.54 Å². The van der Waals surface area contributed by atoms with E-state index in [1.54, 1.807) is 11.8 Å². The highest BCUT2D eigenvalue weighted by Gasteiger charge is 2.28. The maximum absolute atomic E-state index is 12.7. The van der Waals surface area contributed by atoms with Gasteiger partial charge in [-0.25, -0.2) is 0 Å². The summed E-state index contributed by atoms with van der Waals surface area (Å²) in [5, 5.41) is 0.668. The van der Waals surface area contributed by atoms with E-state index in [2.05, 4.69) is 18.0 Å². The van der Waals surface area contributed by atoms with E-state index in [0.29, 0.717) is 18.1 Å². The first kappa shape index (κ1) is 17.7. The molecule has 25 heavy (non-hydrogen) atoms. The van der Waals surface area contributed by atoms with Crippen LogP contribution in [0.1, 0.15) is 50.2 Å². The highest BCUT2D eigenvalue weighted by Crippen LogP contribution is 2.32. The third-order valence-corrected chi connectivity index (χ3v) is 5.16. The van der Waals surface area contributed by atoms with E-state index in [-0.39, 0.29) is 17.4 Å². The molecule has 1 N–H and O–H groups in total. The predicted octanol–water partition coefficient (Wildman–Crippen LogP) is 4.33. The second-order valence-corrected chi connectivity index (χ2v) is 7.13. The van der Waals surface area contributed by atoms with Gasteiger partial charge in [0, 0.05) is 35.7 Å². The van der Waals surface area contributed by atoms with Crippen LogP contribution in [0.25, 0.3) is 11.3 Å². The van der Waals surface area contributed by atoms with Crippen LogP contribution in [0.15, 0.2) is 35.1 Å². The van der Waals surface area contributed by atoms with Crippen molar-refractivity contribution in [3.8, 4) is 11.3 Å². The second kappa shape index (κ2) is 7.44. The first-order valence-electron chi connectivity index (χ1n) is 8.77. The van der Waals surface area contributed by atoms with Gasteiger partial charge in [0.2, 0.25) is 5.91 Å². The van der Waals surface area contributed by atoms with Gasteiger partial charge in [-0.1, -0.05) is 43.5 Å². The molecule has 0 fully saturated rings. The smallest absolute Gasteiger partial charge is 0.253 e. The van der Waals surface area contributed by atoms with Gasteiger partial charge in [-0.05, 0) is 35.7 Å². The number of halogens is 1. The Morgan fingerprint density at radius 1 is 1.32 bits per heavy atom. The Morgan fingerprint density at radius 2 is 2.04 bits per heavy atom. The molecule has 132 valence electrons. The quantitative estimate of drug-likeness (QED) is 0.884. The van der Waals surface area contributed by atoms with Crippen LogP contribution >= 0.6 is 11.6 Å². The van der Waals surface area contributed by atoms with Gasteiger partial charge in [0.15, 0.2) is 0 Å². The standard InChI is InChI=1S/C20H23ClN2O2/c1-3-4-5-15-11-23(13(2)24)12-18-17(15)10-19(22-20(18)25)14-6-8-16(21)9-7-14/h6-10,15H,3-5,11-12H2,1-2H3,(H,22,25). The molecule has 1 aromatic carbocycles. The van der Waals surface area contributed by atoms with E-state index >= 15 is 0 Å². The van der Waals surface area contributed by atoms with Crippen LogP contribution in [-0.2, 0) is 11.3 Å². The van der Waals surface area contributed by atoms with Gasteiger partial charge >= 0.3 is 0 Å². The van der Waals surface area contributed by atoms with E-state index in [1.807, 2.05) is 24.3 Å². The van der Waals surface area contributed by atoms with E-state index in [1.165, 1.54) is 0 Å². The molecule has 0 radical (unpaired) electrons. The maximum atomic E-state index is 12.7. The highest BCUT2D eigenvalue weighted by atomic mass is 35.5. The van der Waals surface area contributed by atoms with Gasteiger partial charge in [-0.2, -0.15) is 0 Å². The molecular weight excluding hydrogens is 336 g/mol. The van der Waals surface area contributed by atoms with Crippen LogP contribution in [0.2, 0.25) is 5.02 Å². The molecule has 1 aromatic heterocycles. The normalized spacial score (nSPS) is 16.6. The summed E-state index contributed by atoms with van der Waals surface area (Å²) in [5.41, 5.74) is 3.44. The predicted molar refractivity (Wildman–Crippen MR) is 101 cm³/mol. The van der Waals surface area contributed by atoms with Crippen molar-refractivity contribution in [1.29, 1.82) is 0 Å². The molecule has 3 rings (SSSR count). The number of pyridine rings is 1. The Hall–Kier alpha value is -2.07. The van der Waals surface area contributed by atoms with Crippen molar-refractivity contribution in [3.05, 3.63) is 56.8 Å². The van der Waals surface area contributed by atoms with Gasteiger partial charge < -0.3 is 9.88 Å². The molecule has 1 atom stereocenters. The molecule has 1 aliphatic heterocycles. The first-order chi connectivity index (χ1) is 12.0. The zero-order chi connectivity index (χ0) is 18.0. The molecule has 2 heterocycles. The van der Waals surface area contributed by atoms with Crippen molar-refractivity contribution in [1.82, 2.24) is 9.88 Å². The lowest BCUT2D eigenvalue weighted by Crippen LogP contribution is -2.40. The molecule has 0 saturated heterocycles. The number of amides is 1. The molecule has 5 heteroatoms. The summed E-state index contributed by atoms with van der Waals surface area (Å²) in [6.45, 7) is 4.80. The third-order valence-electron chi connectivity index (χ3n) is 4.91. The minimum atomic E-state index is -0.102.